The van der Waals surface area contributed by atoms with Crippen LogP contribution in [0.25, 0.3) is 0 Å². The lowest BCUT2D eigenvalue weighted by Gasteiger charge is -2.07. The monoisotopic (exact) mass is 406 g/mol. The van der Waals surface area contributed by atoms with Crippen LogP contribution >= 0.6 is 0 Å². The molecule has 4 rings (SSSR count). The van der Waals surface area contributed by atoms with Gasteiger partial charge in [-0.2, -0.15) is 0 Å². The van der Waals surface area contributed by atoms with Crippen molar-refractivity contribution < 1.29 is 9.47 Å². The second kappa shape index (κ2) is 10.3. The third kappa shape index (κ3) is 5.52. The Balaban J connectivity index is 1.18. The Bertz CT molecular complexity index is 936. The fourth-order valence-electron chi connectivity index (χ4n) is 2.86. The topological polar surface area (TPSA) is 106 Å². The van der Waals surface area contributed by atoms with Crippen LogP contribution in [0.3, 0.4) is 0 Å². The van der Waals surface area contributed by atoms with E-state index in [4.69, 9.17) is 9.47 Å². The summed E-state index contributed by atoms with van der Waals surface area (Å²) in [4.78, 5) is 0. The average Bonchev–Trinajstić information content (AvgIpc) is 3.41. The van der Waals surface area contributed by atoms with E-state index in [2.05, 4.69) is 31.1 Å². The standard InChI is InChI=1S/C20H22N8O2/c1-3-7-17(8-4-1)13-27-19(21-23-25-27)15-29-11-12-30-16-20-22-24-26-28(20)14-18-9-5-2-6-10-18/h1-10H,11-16H2. The predicted molar refractivity (Wildman–Crippen MR) is 106 cm³/mol. The van der Waals surface area contributed by atoms with Crippen molar-refractivity contribution in [3.8, 4) is 0 Å². The predicted octanol–water partition coefficient (Wildman–Crippen LogP) is 1.49. The van der Waals surface area contributed by atoms with Gasteiger partial charge in [-0.1, -0.05) is 60.7 Å². The molecule has 0 spiro atoms. The maximum absolute atomic E-state index is 5.65. The zero-order valence-corrected chi connectivity index (χ0v) is 16.4. The Morgan fingerprint density at radius 2 is 1.03 bits per heavy atom. The van der Waals surface area contributed by atoms with Gasteiger partial charge < -0.3 is 9.47 Å². The van der Waals surface area contributed by atoms with Crippen molar-refractivity contribution in [2.45, 2.75) is 26.3 Å². The number of rotatable bonds is 11. The van der Waals surface area contributed by atoms with Crippen molar-refractivity contribution >= 4 is 0 Å². The summed E-state index contributed by atoms with van der Waals surface area (Å²) in [6.45, 7) is 2.67. The molecule has 2 heterocycles. The molecule has 30 heavy (non-hydrogen) atoms. The Morgan fingerprint density at radius 3 is 1.47 bits per heavy atom. The molecule has 0 aliphatic carbocycles. The Labute approximate surface area is 173 Å². The molecule has 4 aromatic rings. The van der Waals surface area contributed by atoms with Crippen LogP contribution in [0.2, 0.25) is 0 Å². The van der Waals surface area contributed by atoms with Crippen molar-refractivity contribution in [3.63, 3.8) is 0 Å². The fourth-order valence-corrected chi connectivity index (χ4v) is 2.86. The first-order valence-corrected chi connectivity index (χ1v) is 9.62. The first-order chi connectivity index (χ1) is 14.9. The van der Waals surface area contributed by atoms with E-state index in [1.807, 2.05) is 60.7 Å². The normalized spacial score (nSPS) is 11.1. The number of hydrogen-bond acceptors (Lipinski definition) is 8. The molecule has 0 amide bonds. The van der Waals surface area contributed by atoms with Gasteiger partial charge in [-0.05, 0) is 32.0 Å². The first-order valence-electron chi connectivity index (χ1n) is 9.62. The summed E-state index contributed by atoms with van der Waals surface area (Å²) in [6, 6.07) is 20.1. The molecule has 0 aliphatic rings. The molecule has 0 saturated heterocycles. The van der Waals surface area contributed by atoms with E-state index in [1.165, 1.54) is 0 Å². The highest BCUT2D eigenvalue weighted by molar-refractivity contribution is 5.15. The van der Waals surface area contributed by atoms with Crippen molar-refractivity contribution in [1.82, 2.24) is 40.4 Å². The van der Waals surface area contributed by atoms with Crippen molar-refractivity contribution in [3.05, 3.63) is 83.4 Å². The van der Waals surface area contributed by atoms with Crippen LogP contribution in [0.4, 0.5) is 0 Å². The maximum atomic E-state index is 5.65. The highest BCUT2D eigenvalue weighted by Crippen LogP contribution is 2.05. The molecule has 0 fully saturated rings. The van der Waals surface area contributed by atoms with Gasteiger partial charge in [0.05, 0.1) is 26.3 Å². The molecule has 0 radical (unpaired) electrons. The minimum Gasteiger partial charge on any atom is -0.371 e. The molecule has 0 N–H and O–H groups in total. The van der Waals surface area contributed by atoms with Gasteiger partial charge in [0, 0.05) is 0 Å². The van der Waals surface area contributed by atoms with Gasteiger partial charge in [0.2, 0.25) is 0 Å². The summed E-state index contributed by atoms with van der Waals surface area (Å²) in [6.07, 6.45) is 0. The van der Waals surface area contributed by atoms with Gasteiger partial charge in [-0.15, -0.1) is 10.2 Å². The molecule has 0 unspecified atom stereocenters. The summed E-state index contributed by atoms with van der Waals surface area (Å²) in [5, 5.41) is 23.6. The molecule has 0 saturated carbocycles. The van der Waals surface area contributed by atoms with Crippen LogP contribution in [0.1, 0.15) is 22.8 Å². The van der Waals surface area contributed by atoms with Crippen LogP contribution in [0, 0.1) is 0 Å². The van der Waals surface area contributed by atoms with Crippen molar-refractivity contribution in [2.24, 2.45) is 0 Å². The minimum absolute atomic E-state index is 0.314. The van der Waals surface area contributed by atoms with Crippen LogP contribution in [-0.2, 0) is 35.8 Å². The Morgan fingerprint density at radius 1 is 0.600 bits per heavy atom. The summed E-state index contributed by atoms with van der Waals surface area (Å²) >= 11 is 0. The maximum Gasteiger partial charge on any atom is 0.177 e. The molecular weight excluding hydrogens is 384 g/mol. The fraction of sp³-hybridized carbons (Fsp3) is 0.300. The lowest BCUT2D eigenvalue weighted by molar-refractivity contribution is 0.0276. The molecule has 2 aromatic heterocycles. The molecule has 10 heteroatoms. The summed E-state index contributed by atoms with van der Waals surface area (Å²) in [5.41, 5.74) is 2.25. The highest BCUT2D eigenvalue weighted by Gasteiger charge is 2.08. The minimum atomic E-state index is 0.314. The SMILES string of the molecule is c1ccc(Cn2nnnc2COCCOCc2nnnn2Cc2ccccc2)cc1. The van der Waals surface area contributed by atoms with Crippen LogP contribution < -0.4 is 0 Å². The number of aromatic nitrogens is 8. The molecular formula is C20H22N8O2. The van der Waals surface area contributed by atoms with Gasteiger partial charge in [-0.25, -0.2) is 9.36 Å². The molecule has 10 nitrogen and oxygen atoms in total. The van der Waals surface area contributed by atoms with Crippen molar-refractivity contribution in [2.75, 3.05) is 13.2 Å². The molecule has 0 bridgehead atoms. The molecule has 0 atom stereocenters. The number of ether oxygens (including phenoxy) is 2. The van der Waals surface area contributed by atoms with Gasteiger partial charge in [-0.3, -0.25) is 0 Å². The average molecular weight is 406 g/mol. The van der Waals surface area contributed by atoms with Crippen LogP contribution in [-0.4, -0.2) is 53.6 Å². The lowest BCUT2D eigenvalue weighted by Crippen LogP contribution is -2.12. The van der Waals surface area contributed by atoms with E-state index in [-0.39, 0.29) is 0 Å². The molecule has 2 aromatic carbocycles. The third-order valence-corrected chi connectivity index (χ3v) is 4.40. The van der Waals surface area contributed by atoms with Crippen LogP contribution in [0.5, 0.6) is 0 Å². The zero-order chi connectivity index (χ0) is 20.4. The number of benzene rings is 2. The third-order valence-electron chi connectivity index (χ3n) is 4.40. The first kappa shape index (κ1) is 19.8. The number of tetrazole rings is 2. The van der Waals surface area contributed by atoms with E-state index < -0.39 is 0 Å². The van der Waals surface area contributed by atoms with Gasteiger partial charge in [0.1, 0.15) is 13.2 Å². The second-order valence-electron chi connectivity index (χ2n) is 6.58. The summed E-state index contributed by atoms with van der Waals surface area (Å²) in [5.74, 6) is 1.34. The van der Waals surface area contributed by atoms with Crippen LogP contribution in [0.15, 0.2) is 60.7 Å². The number of hydrogen-bond donors (Lipinski definition) is 0. The molecule has 154 valence electrons. The van der Waals surface area contributed by atoms with E-state index in [0.29, 0.717) is 51.2 Å². The van der Waals surface area contributed by atoms with E-state index >= 15 is 0 Å². The Kier molecular flexibility index (Phi) is 6.82. The smallest absolute Gasteiger partial charge is 0.177 e. The Hall–Kier alpha value is -3.50. The van der Waals surface area contributed by atoms with E-state index in [0.717, 1.165) is 11.1 Å². The lowest BCUT2D eigenvalue weighted by atomic mass is 10.2. The summed E-state index contributed by atoms with van der Waals surface area (Å²) < 4.78 is 14.8. The van der Waals surface area contributed by atoms with Gasteiger partial charge in [0.15, 0.2) is 11.6 Å². The summed E-state index contributed by atoms with van der Waals surface area (Å²) in [7, 11) is 0. The zero-order valence-electron chi connectivity index (χ0n) is 16.4. The molecule has 0 aliphatic heterocycles. The van der Waals surface area contributed by atoms with E-state index in [1.54, 1.807) is 9.36 Å². The quantitative estimate of drug-likeness (QED) is 0.345. The highest BCUT2D eigenvalue weighted by atomic mass is 16.5. The van der Waals surface area contributed by atoms with Gasteiger partial charge in [0.25, 0.3) is 0 Å². The van der Waals surface area contributed by atoms with Gasteiger partial charge >= 0.3 is 0 Å². The van der Waals surface area contributed by atoms with E-state index in [9.17, 15) is 0 Å². The second-order valence-corrected chi connectivity index (χ2v) is 6.58. The largest absolute Gasteiger partial charge is 0.371 e. The van der Waals surface area contributed by atoms with Crippen molar-refractivity contribution in [1.29, 1.82) is 0 Å². The number of nitrogens with zero attached hydrogens (tertiary/aromatic N) is 8.